The molecule has 0 atom stereocenters. The van der Waals surface area contributed by atoms with Gasteiger partial charge in [0.2, 0.25) is 0 Å². The number of aromatic nitrogens is 2. The summed E-state index contributed by atoms with van der Waals surface area (Å²) in [6.07, 6.45) is 1.73. The Morgan fingerprint density at radius 3 is 2.34 bits per heavy atom. The first kappa shape index (κ1) is 21.1. The van der Waals surface area contributed by atoms with Crippen molar-refractivity contribution in [3.8, 4) is 11.5 Å². The van der Waals surface area contributed by atoms with Crippen LogP contribution in [0.2, 0.25) is 0 Å². The van der Waals surface area contributed by atoms with Crippen molar-refractivity contribution >= 4 is 22.5 Å². The molecule has 4 aromatic rings. The fourth-order valence-electron chi connectivity index (χ4n) is 3.52. The normalized spacial score (nSPS) is 10.7. The summed E-state index contributed by atoms with van der Waals surface area (Å²) in [4.78, 5) is 30.6. The molecule has 0 spiro atoms. The molecule has 2 heterocycles. The van der Waals surface area contributed by atoms with Crippen LogP contribution in [0.25, 0.3) is 10.9 Å². The molecule has 0 saturated carbocycles. The molecular weight excluding hydrogens is 406 g/mol. The Hall–Kier alpha value is -4.13. The lowest BCUT2D eigenvalue weighted by atomic mass is 10.1. The van der Waals surface area contributed by atoms with Gasteiger partial charge in [-0.1, -0.05) is 30.3 Å². The maximum atomic E-state index is 13.1. The lowest BCUT2D eigenvalue weighted by Crippen LogP contribution is -2.22. The number of ether oxygens (including phenoxy) is 2. The second kappa shape index (κ2) is 8.93. The van der Waals surface area contributed by atoms with Crippen molar-refractivity contribution in [1.29, 1.82) is 0 Å². The monoisotopic (exact) mass is 429 g/mol. The smallest absolute Gasteiger partial charge is 0.260 e. The molecule has 1 amide bonds. The van der Waals surface area contributed by atoms with Crippen LogP contribution in [0.15, 0.2) is 71.7 Å². The first-order chi connectivity index (χ1) is 15.5. The maximum absolute atomic E-state index is 13.1. The minimum Gasteiger partial charge on any atom is -0.497 e. The SMILES string of the molecule is COc1cc(NC(=O)c2cc3c(=O)n(Cc4ccccc4)ccc3nc2C)cc(OC)c1. The molecule has 0 aliphatic carbocycles. The van der Waals surface area contributed by atoms with Crippen molar-refractivity contribution in [3.05, 3.63) is 94.0 Å². The van der Waals surface area contributed by atoms with Crippen LogP contribution in [-0.2, 0) is 6.54 Å². The van der Waals surface area contributed by atoms with Crippen molar-refractivity contribution in [2.24, 2.45) is 0 Å². The Balaban J connectivity index is 1.69. The van der Waals surface area contributed by atoms with Crippen molar-refractivity contribution in [3.63, 3.8) is 0 Å². The van der Waals surface area contributed by atoms with Crippen LogP contribution in [-0.4, -0.2) is 29.7 Å². The molecular formula is C25H23N3O4. The van der Waals surface area contributed by atoms with E-state index in [-0.39, 0.29) is 11.5 Å². The number of rotatable bonds is 6. The van der Waals surface area contributed by atoms with Gasteiger partial charge in [0.05, 0.1) is 42.9 Å². The molecule has 2 aromatic heterocycles. The average molecular weight is 429 g/mol. The standard InChI is InChI=1S/C25H23N3O4/c1-16-21(24(29)27-18-11-19(31-2)13-20(12-18)32-3)14-22-23(26-16)9-10-28(25(22)30)15-17-7-5-4-6-8-17/h4-14H,15H2,1-3H3,(H,27,29). The number of methoxy groups -OCH3 is 2. The van der Waals surface area contributed by atoms with Gasteiger partial charge in [0, 0.05) is 30.1 Å². The topological polar surface area (TPSA) is 82.5 Å². The molecule has 4 rings (SSSR count). The van der Waals surface area contributed by atoms with Crippen LogP contribution in [0.4, 0.5) is 5.69 Å². The van der Waals surface area contributed by atoms with Crippen LogP contribution < -0.4 is 20.3 Å². The number of hydrogen-bond acceptors (Lipinski definition) is 5. The predicted molar refractivity (Wildman–Crippen MR) is 124 cm³/mol. The van der Waals surface area contributed by atoms with Crippen LogP contribution in [0.3, 0.4) is 0 Å². The van der Waals surface area contributed by atoms with Crippen molar-refractivity contribution in [1.82, 2.24) is 9.55 Å². The number of carbonyl (C=O) groups is 1. The van der Waals surface area contributed by atoms with Crippen molar-refractivity contribution in [2.75, 3.05) is 19.5 Å². The van der Waals surface area contributed by atoms with E-state index in [9.17, 15) is 9.59 Å². The summed E-state index contributed by atoms with van der Waals surface area (Å²) in [7, 11) is 3.08. The summed E-state index contributed by atoms with van der Waals surface area (Å²) in [5.41, 5.74) is 2.74. The molecule has 162 valence electrons. The maximum Gasteiger partial charge on any atom is 0.260 e. The quantitative estimate of drug-likeness (QED) is 0.501. The number of anilines is 1. The minimum absolute atomic E-state index is 0.198. The number of aryl methyl sites for hydroxylation is 1. The predicted octanol–water partition coefficient (Wildman–Crippen LogP) is 4.02. The fourth-order valence-corrected chi connectivity index (χ4v) is 3.52. The largest absolute Gasteiger partial charge is 0.497 e. The third-order valence-electron chi connectivity index (χ3n) is 5.20. The summed E-state index contributed by atoms with van der Waals surface area (Å²) < 4.78 is 12.1. The van der Waals surface area contributed by atoms with E-state index >= 15 is 0 Å². The number of hydrogen-bond donors (Lipinski definition) is 1. The molecule has 0 aliphatic rings. The van der Waals surface area contributed by atoms with Gasteiger partial charge in [-0.3, -0.25) is 14.6 Å². The summed E-state index contributed by atoms with van der Waals surface area (Å²) >= 11 is 0. The number of benzene rings is 2. The molecule has 0 saturated heterocycles. The Bertz CT molecular complexity index is 1320. The highest BCUT2D eigenvalue weighted by atomic mass is 16.5. The number of carbonyl (C=O) groups excluding carboxylic acids is 1. The third kappa shape index (κ3) is 4.32. The number of fused-ring (bicyclic) bond motifs is 1. The van der Waals surface area contributed by atoms with Crippen LogP contribution in [0.1, 0.15) is 21.6 Å². The average Bonchev–Trinajstić information content (AvgIpc) is 2.81. The second-order valence-electron chi connectivity index (χ2n) is 7.34. The molecule has 1 N–H and O–H groups in total. The van der Waals surface area contributed by atoms with E-state index in [1.165, 1.54) is 14.2 Å². The van der Waals surface area contributed by atoms with E-state index in [4.69, 9.17) is 9.47 Å². The van der Waals surface area contributed by atoms with E-state index in [0.717, 1.165) is 5.56 Å². The van der Waals surface area contributed by atoms with E-state index < -0.39 is 0 Å². The van der Waals surface area contributed by atoms with Gasteiger partial charge in [-0.2, -0.15) is 0 Å². The Morgan fingerprint density at radius 2 is 1.69 bits per heavy atom. The number of amides is 1. The van der Waals surface area contributed by atoms with Gasteiger partial charge < -0.3 is 19.4 Å². The van der Waals surface area contributed by atoms with Gasteiger partial charge in [-0.15, -0.1) is 0 Å². The van der Waals surface area contributed by atoms with Gasteiger partial charge in [0.25, 0.3) is 11.5 Å². The van der Waals surface area contributed by atoms with E-state index in [1.807, 2.05) is 30.3 Å². The number of nitrogens with zero attached hydrogens (tertiary/aromatic N) is 2. The van der Waals surface area contributed by atoms with Gasteiger partial charge in [0.15, 0.2) is 0 Å². The van der Waals surface area contributed by atoms with Crippen LogP contribution in [0, 0.1) is 6.92 Å². The molecule has 0 aliphatic heterocycles. The molecule has 7 heteroatoms. The number of nitrogens with one attached hydrogen (secondary N) is 1. The zero-order valence-corrected chi connectivity index (χ0v) is 18.1. The highest BCUT2D eigenvalue weighted by molar-refractivity contribution is 6.06. The lowest BCUT2D eigenvalue weighted by Gasteiger charge is -2.12. The zero-order valence-electron chi connectivity index (χ0n) is 18.1. The van der Waals surface area contributed by atoms with E-state index in [2.05, 4.69) is 10.3 Å². The van der Waals surface area contributed by atoms with Gasteiger partial charge in [-0.25, -0.2) is 0 Å². The fraction of sp³-hybridized carbons (Fsp3) is 0.160. The summed E-state index contributed by atoms with van der Waals surface area (Å²) in [6.45, 7) is 2.19. The summed E-state index contributed by atoms with van der Waals surface area (Å²) in [6, 6.07) is 18.2. The second-order valence-corrected chi connectivity index (χ2v) is 7.34. The van der Waals surface area contributed by atoms with Gasteiger partial charge >= 0.3 is 0 Å². The molecule has 2 aromatic carbocycles. The summed E-state index contributed by atoms with van der Waals surface area (Å²) in [5, 5.41) is 3.23. The van der Waals surface area contributed by atoms with Gasteiger partial charge in [0.1, 0.15) is 11.5 Å². The first-order valence-corrected chi connectivity index (χ1v) is 10.1. The van der Waals surface area contributed by atoms with E-state index in [0.29, 0.717) is 45.9 Å². The molecule has 0 fully saturated rings. The summed E-state index contributed by atoms with van der Waals surface area (Å²) in [5.74, 6) is 0.735. The zero-order chi connectivity index (χ0) is 22.7. The van der Waals surface area contributed by atoms with Crippen molar-refractivity contribution in [2.45, 2.75) is 13.5 Å². The molecule has 0 unspecified atom stereocenters. The van der Waals surface area contributed by atoms with Crippen molar-refractivity contribution < 1.29 is 14.3 Å². The highest BCUT2D eigenvalue weighted by Crippen LogP contribution is 2.26. The Labute approximate surface area is 185 Å². The molecule has 7 nitrogen and oxygen atoms in total. The minimum atomic E-state index is -0.370. The molecule has 32 heavy (non-hydrogen) atoms. The first-order valence-electron chi connectivity index (χ1n) is 10.1. The third-order valence-corrected chi connectivity index (χ3v) is 5.20. The molecule has 0 bridgehead atoms. The van der Waals surface area contributed by atoms with Gasteiger partial charge in [-0.05, 0) is 24.6 Å². The lowest BCUT2D eigenvalue weighted by molar-refractivity contribution is 0.102. The number of pyridine rings is 2. The van der Waals surface area contributed by atoms with E-state index in [1.54, 1.807) is 48.0 Å². The highest BCUT2D eigenvalue weighted by Gasteiger charge is 2.15. The Kier molecular flexibility index (Phi) is 5.89. The molecule has 0 radical (unpaired) electrons. The van der Waals surface area contributed by atoms with Crippen LogP contribution in [0.5, 0.6) is 11.5 Å². The van der Waals surface area contributed by atoms with Crippen LogP contribution >= 0.6 is 0 Å². The Morgan fingerprint density at radius 1 is 1.00 bits per heavy atom.